The quantitative estimate of drug-likeness (QED) is 0.468. The lowest BCUT2D eigenvalue weighted by Gasteiger charge is -2.42. The van der Waals surface area contributed by atoms with Crippen LogP contribution in [0, 0.1) is 29.5 Å². The molecule has 4 rings (SSSR count). The second kappa shape index (κ2) is 10.4. The standard InChI is InChI=1S/C27H29F3O2/c1-2-31-24-13-12-22-16-21(10-11-23(22)17-24)20-8-5-18(6-9-20)3-4-19-7-14-26(25(28)15-19)32-27(29)30/h5-9,14-15,21-24,27H,2,10-13,16-17H2,1H3. The van der Waals surface area contributed by atoms with Gasteiger partial charge < -0.3 is 9.47 Å². The molecule has 5 heteroatoms. The molecule has 4 unspecified atom stereocenters. The first-order valence-corrected chi connectivity index (χ1v) is 11.5. The number of hydrogen-bond donors (Lipinski definition) is 0. The molecule has 2 aliphatic carbocycles. The highest BCUT2D eigenvalue weighted by Crippen LogP contribution is 2.46. The van der Waals surface area contributed by atoms with Crippen LogP contribution in [-0.4, -0.2) is 19.3 Å². The number of hydrogen-bond acceptors (Lipinski definition) is 2. The van der Waals surface area contributed by atoms with Crippen LogP contribution < -0.4 is 4.74 Å². The molecule has 0 N–H and O–H groups in total. The summed E-state index contributed by atoms with van der Waals surface area (Å²) in [5.41, 5.74) is 2.61. The van der Waals surface area contributed by atoms with E-state index in [1.54, 1.807) is 0 Å². The molecule has 4 atom stereocenters. The summed E-state index contributed by atoms with van der Waals surface area (Å²) in [6, 6.07) is 12.1. The molecule has 0 aromatic heterocycles. The third-order valence-electron chi connectivity index (χ3n) is 6.85. The van der Waals surface area contributed by atoms with Crippen molar-refractivity contribution in [1.29, 1.82) is 0 Å². The molecule has 0 saturated heterocycles. The van der Waals surface area contributed by atoms with Crippen molar-refractivity contribution in [1.82, 2.24) is 0 Å². The maximum atomic E-state index is 13.8. The summed E-state index contributed by atoms with van der Waals surface area (Å²) in [6.45, 7) is -0.162. The van der Waals surface area contributed by atoms with E-state index in [-0.39, 0.29) is 0 Å². The van der Waals surface area contributed by atoms with Crippen LogP contribution in [0.4, 0.5) is 13.2 Å². The summed E-state index contributed by atoms with van der Waals surface area (Å²) in [7, 11) is 0. The lowest BCUT2D eigenvalue weighted by Crippen LogP contribution is -2.33. The molecule has 32 heavy (non-hydrogen) atoms. The average Bonchev–Trinajstić information content (AvgIpc) is 2.79. The fraction of sp³-hybridized carbons (Fsp3) is 0.481. The molecule has 170 valence electrons. The minimum atomic E-state index is -3.06. The van der Waals surface area contributed by atoms with E-state index in [2.05, 4.69) is 35.6 Å². The Labute approximate surface area is 188 Å². The van der Waals surface area contributed by atoms with Crippen molar-refractivity contribution >= 4 is 0 Å². The third kappa shape index (κ3) is 5.66. The number of ether oxygens (including phenoxy) is 2. The first kappa shape index (κ1) is 22.7. The van der Waals surface area contributed by atoms with Crippen LogP contribution in [0.5, 0.6) is 5.75 Å². The first-order valence-electron chi connectivity index (χ1n) is 11.5. The van der Waals surface area contributed by atoms with Gasteiger partial charge in [-0.1, -0.05) is 24.0 Å². The van der Waals surface area contributed by atoms with Gasteiger partial charge in [-0.15, -0.1) is 0 Å². The Morgan fingerprint density at radius 3 is 2.31 bits per heavy atom. The van der Waals surface area contributed by atoms with Crippen molar-refractivity contribution in [2.45, 2.75) is 64.1 Å². The molecule has 2 saturated carbocycles. The summed E-state index contributed by atoms with van der Waals surface area (Å²) in [5.74, 6) is 6.79. The van der Waals surface area contributed by atoms with Crippen LogP contribution in [0.15, 0.2) is 42.5 Å². The van der Waals surface area contributed by atoms with E-state index < -0.39 is 18.2 Å². The molecule has 2 aliphatic rings. The highest BCUT2D eigenvalue weighted by atomic mass is 19.3. The molecule has 0 bridgehead atoms. The van der Waals surface area contributed by atoms with Gasteiger partial charge in [0, 0.05) is 17.7 Å². The Morgan fingerprint density at radius 1 is 0.906 bits per heavy atom. The van der Waals surface area contributed by atoms with Gasteiger partial charge in [0.25, 0.3) is 0 Å². The van der Waals surface area contributed by atoms with Gasteiger partial charge in [-0.2, -0.15) is 8.78 Å². The average molecular weight is 443 g/mol. The minimum Gasteiger partial charge on any atom is -0.432 e. The minimum absolute atomic E-state index is 0.411. The van der Waals surface area contributed by atoms with Gasteiger partial charge in [0.15, 0.2) is 11.6 Å². The molecule has 2 aromatic rings. The number of halogens is 3. The van der Waals surface area contributed by atoms with Gasteiger partial charge >= 0.3 is 6.61 Å². The normalized spacial score (nSPS) is 25.0. The van der Waals surface area contributed by atoms with Crippen molar-refractivity contribution in [3.8, 4) is 17.6 Å². The SMILES string of the molecule is CCOC1CCC2CC(c3ccc(C#Cc4ccc(OC(F)F)c(F)c4)cc3)CCC2C1. The zero-order chi connectivity index (χ0) is 22.5. The summed E-state index contributed by atoms with van der Waals surface area (Å²) < 4.78 is 48.3. The molecule has 2 nitrogen and oxygen atoms in total. The van der Waals surface area contributed by atoms with Gasteiger partial charge in [-0.3, -0.25) is 0 Å². The van der Waals surface area contributed by atoms with Crippen molar-refractivity contribution in [2.75, 3.05) is 6.61 Å². The highest BCUT2D eigenvalue weighted by molar-refractivity contribution is 5.45. The van der Waals surface area contributed by atoms with Crippen LogP contribution in [0.3, 0.4) is 0 Å². The molecule has 2 fully saturated rings. The molecule has 0 spiro atoms. The number of alkyl halides is 2. The van der Waals surface area contributed by atoms with Crippen molar-refractivity contribution in [3.63, 3.8) is 0 Å². The van der Waals surface area contributed by atoms with E-state index in [1.165, 1.54) is 56.2 Å². The van der Waals surface area contributed by atoms with E-state index in [0.717, 1.165) is 30.1 Å². The fourth-order valence-corrected chi connectivity index (χ4v) is 5.29. The monoisotopic (exact) mass is 442 g/mol. The van der Waals surface area contributed by atoms with Crippen LogP contribution >= 0.6 is 0 Å². The van der Waals surface area contributed by atoms with E-state index in [9.17, 15) is 13.2 Å². The zero-order valence-corrected chi connectivity index (χ0v) is 18.3. The number of fused-ring (bicyclic) bond motifs is 1. The summed E-state index contributed by atoms with van der Waals surface area (Å²) in [4.78, 5) is 0. The van der Waals surface area contributed by atoms with E-state index >= 15 is 0 Å². The zero-order valence-electron chi connectivity index (χ0n) is 18.3. The van der Waals surface area contributed by atoms with Crippen LogP contribution in [0.25, 0.3) is 0 Å². The Hall–Kier alpha value is -2.45. The maximum absolute atomic E-state index is 13.8. The molecular weight excluding hydrogens is 413 g/mol. The molecule has 2 aromatic carbocycles. The Morgan fingerprint density at radius 2 is 1.59 bits per heavy atom. The third-order valence-corrected chi connectivity index (χ3v) is 6.85. The van der Waals surface area contributed by atoms with Gasteiger partial charge in [-0.05, 0) is 99.1 Å². The predicted molar refractivity (Wildman–Crippen MR) is 118 cm³/mol. The fourth-order valence-electron chi connectivity index (χ4n) is 5.29. The maximum Gasteiger partial charge on any atom is 0.387 e. The smallest absolute Gasteiger partial charge is 0.387 e. The lowest BCUT2D eigenvalue weighted by atomic mass is 9.65. The predicted octanol–water partition coefficient (Wildman–Crippen LogP) is 6.92. The number of rotatable bonds is 5. The summed E-state index contributed by atoms with van der Waals surface area (Å²) >= 11 is 0. The van der Waals surface area contributed by atoms with Gasteiger partial charge in [-0.25, -0.2) is 4.39 Å². The van der Waals surface area contributed by atoms with E-state index in [1.807, 2.05) is 12.1 Å². The van der Waals surface area contributed by atoms with Gasteiger partial charge in [0.05, 0.1) is 6.10 Å². The van der Waals surface area contributed by atoms with E-state index in [0.29, 0.717) is 17.6 Å². The molecule has 0 amide bonds. The van der Waals surface area contributed by atoms with Crippen LogP contribution in [0.1, 0.15) is 68.1 Å². The van der Waals surface area contributed by atoms with Gasteiger partial charge in [0.1, 0.15) is 0 Å². The molecule has 0 heterocycles. The lowest BCUT2D eigenvalue weighted by molar-refractivity contribution is -0.0521. The summed E-state index contributed by atoms with van der Waals surface area (Å²) in [6.07, 6.45) is 7.88. The molecule has 0 radical (unpaired) electrons. The Balaban J connectivity index is 1.36. The van der Waals surface area contributed by atoms with Crippen molar-refractivity contribution in [3.05, 3.63) is 65.0 Å². The Kier molecular flexibility index (Phi) is 7.42. The summed E-state index contributed by atoms with van der Waals surface area (Å²) in [5, 5.41) is 0. The van der Waals surface area contributed by atoms with Crippen molar-refractivity contribution in [2.24, 2.45) is 11.8 Å². The largest absolute Gasteiger partial charge is 0.432 e. The second-order valence-corrected chi connectivity index (χ2v) is 8.82. The Bertz CT molecular complexity index is 961. The topological polar surface area (TPSA) is 18.5 Å². The van der Waals surface area contributed by atoms with Gasteiger partial charge in [0.2, 0.25) is 0 Å². The first-order chi connectivity index (χ1) is 15.5. The van der Waals surface area contributed by atoms with Crippen molar-refractivity contribution < 1.29 is 22.6 Å². The second-order valence-electron chi connectivity index (χ2n) is 8.82. The van der Waals surface area contributed by atoms with E-state index in [4.69, 9.17) is 4.74 Å². The molecular formula is C27H29F3O2. The van der Waals surface area contributed by atoms with Crippen LogP contribution in [0.2, 0.25) is 0 Å². The molecule has 0 aliphatic heterocycles. The highest BCUT2D eigenvalue weighted by Gasteiger charge is 2.36. The van der Waals surface area contributed by atoms with Crippen LogP contribution in [-0.2, 0) is 4.74 Å². The number of benzene rings is 2.